The van der Waals surface area contributed by atoms with Crippen molar-refractivity contribution >= 4 is 31.9 Å². The molecule has 20 heavy (non-hydrogen) atoms. The molecule has 1 heterocycles. The molecule has 1 aromatic carbocycles. The van der Waals surface area contributed by atoms with Crippen molar-refractivity contribution in [3.05, 3.63) is 50.8 Å². The van der Waals surface area contributed by atoms with E-state index in [-0.39, 0.29) is 6.04 Å². The van der Waals surface area contributed by atoms with Crippen LogP contribution >= 0.6 is 31.9 Å². The third kappa shape index (κ3) is 3.45. The Labute approximate surface area is 136 Å². The van der Waals surface area contributed by atoms with Crippen LogP contribution in [0, 0.1) is 0 Å². The summed E-state index contributed by atoms with van der Waals surface area (Å²) in [5.74, 6) is 0.859. The van der Waals surface area contributed by atoms with Crippen molar-refractivity contribution in [1.82, 2.24) is 5.32 Å². The van der Waals surface area contributed by atoms with Crippen LogP contribution in [0.1, 0.15) is 31.0 Å². The van der Waals surface area contributed by atoms with Gasteiger partial charge in [-0.3, -0.25) is 0 Å². The van der Waals surface area contributed by atoms with Crippen LogP contribution in [0.3, 0.4) is 0 Å². The molecule has 2 rings (SSSR count). The van der Waals surface area contributed by atoms with Crippen LogP contribution in [0.2, 0.25) is 0 Å². The van der Waals surface area contributed by atoms with E-state index in [1.807, 2.05) is 19.1 Å². The van der Waals surface area contributed by atoms with Gasteiger partial charge < -0.3 is 14.5 Å². The number of ether oxygens (including phenoxy) is 1. The Balaban J connectivity index is 2.35. The van der Waals surface area contributed by atoms with Crippen molar-refractivity contribution in [2.75, 3.05) is 13.2 Å². The summed E-state index contributed by atoms with van der Waals surface area (Å²) in [5, 5.41) is 3.47. The highest BCUT2D eigenvalue weighted by Crippen LogP contribution is 2.33. The summed E-state index contributed by atoms with van der Waals surface area (Å²) in [7, 11) is 0. The van der Waals surface area contributed by atoms with E-state index < -0.39 is 0 Å². The quantitative estimate of drug-likeness (QED) is 0.745. The van der Waals surface area contributed by atoms with Gasteiger partial charge in [-0.15, -0.1) is 0 Å². The standard InChI is InChI=1S/C15H17Br2NO2/c1-3-18-14(11-7-8-20-15(11)17)10-5-6-13(19-4-2)12(16)9-10/h5-9,14,18H,3-4H2,1-2H3. The van der Waals surface area contributed by atoms with Crippen LogP contribution in [0.25, 0.3) is 0 Å². The number of halogens is 2. The molecule has 0 fully saturated rings. The Hall–Kier alpha value is -0.780. The minimum absolute atomic E-state index is 0.0834. The Morgan fingerprint density at radius 2 is 2.05 bits per heavy atom. The van der Waals surface area contributed by atoms with Crippen molar-refractivity contribution in [2.45, 2.75) is 19.9 Å². The van der Waals surface area contributed by atoms with Gasteiger partial charge >= 0.3 is 0 Å². The van der Waals surface area contributed by atoms with E-state index in [0.29, 0.717) is 6.61 Å². The lowest BCUT2D eigenvalue weighted by Gasteiger charge is -2.18. The molecule has 0 bridgehead atoms. The summed E-state index contributed by atoms with van der Waals surface area (Å²) >= 11 is 7.01. The van der Waals surface area contributed by atoms with E-state index in [0.717, 1.165) is 32.6 Å². The Morgan fingerprint density at radius 1 is 1.25 bits per heavy atom. The van der Waals surface area contributed by atoms with Gasteiger partial charge in [0.05, 0.1) is 23.4 Å². The minimum Gasteiger partial charge on any atom is -0.493 e. The molecule has 0 radical (unpaired) electrons. The third-order valence-electron chi connectivity index (χ3n) is 2.95. The van der Waals surface area contributed by atoms with Gasteiger partial charge in [0.25, 0.3) is 0 Å². The lowest BCUT2D eigenvalue weighted by Crippen LogP contribution is -2.21. The molecular formula is C15H17Br2NO2. The van der Waals surface area contributed by atoms with Crippen molar-refractivity contribution in [3.8, 4) is 5.75 Å². The first-order valence-electron chi connectivity index (χ1n) is 6.55. The largest absolute Gasteiger partial charge is 0.493 e. The van der Waals surface area contributed by atoms with Crippen molar-refractivity contribution in [3.63, 3.8) is 0 Å². The molecule has 1 unspecified atom stereocenters. The van der Waals surface area contributed by atoms with Crippen LogP contribution in [-0.4, -0.2) is 13.2 Å². The number of rotatable bonds is 6. The second-order valence-electron chi connectivity index (χ2n) is 4.26. The first-order chi connectivity index (χ1) is 9.67. The molecule has 2 aromatic rings. The monoisotopic (exact) mass is 401 g/mol. The fraction of sp³-hybridized carbons (Fsp3) is 0.333. The molecule has 5 heteroatoms. The highest BCUT2D eigenvalue weighted by Gasteiger charge is 2.19. The van der Waals surface area contributed by atoms with Crippen LogP contribution in [-0.2, 0) is 0 Å². The fourth-order valence-corrected chi connectivity index (χ4v) is 3.07. The average Bonchev–Trinajstić information content (AvgIpc) is 2.85. The molecule has 0 aliphatic heterocycles. The van der Waals surface area contributed by atoms with Gasteiger partial charge in [0.2, 0.25) is 0 Å². The van der Waals surface area contributed by atoms with E-state index in [9.17, 15) is 0 Å². The van der Waals surface area contributed by atoms with E-state index in [1.54, 1.807) is 6.26 Å². The summed E-state index contributed by atoms with van der Waals surface area (Å²) in [6.07, 6.45) is 1.69. The zero-order chi connectivity index (χ0) is 14.5. The lowest BCUT2D eigenvalue weighted by atomic mass is 10.0. The van der Waals surface area contributed by atoms with E-state index in [2.05, 4.69) is 56.2 Å². The maximum Gasteiger partial charge on any atom is 0.174 e. The second-order valence-corrected chi connectivity index (χ2v) is 5.84. The normalized spacial score (nSPS) is 12.4. The van der Waals surface area contributed by atoms with Crippen molar-refractivity contribution in [1.29, 1.82) is 0 Å². The molecule has 0 amide bonds. The lowest BCUT2D eigenvalue weighted by molar-refractivity contribution is 0.338. The predicted molar refractivity (Wildman–Crippen MR) is 87.2 cm³/mol. The van der Waals surface area contributed by atoms with E-state index >= 15 is 0 Å². The molecule has 1 N–H and O–H groups in total. The molecule has 1 atom stereocenters. The van der Waals surface area contributed by atoms with Crippen LogP contribution in [0.5, 0.6) is 5.75 Å². The summed E-state index contributed by atoms with van der Waals surface area (Å²) in [6.45, 7) is 5.59. The van der Waals surface area contributed by atoms with Gasteiger partial charge in [0.1, 0.15) is 5.75 Å². The third-order valence-corrected chi connectivity index (χ3v) is 4.22. The number of nitrogens with one attached hydrogen (secondary N) is 1. The first-order valence-corrected chi connectivity index (χ1v) is 8.14. The SMILES string of the molecule is CCNC(c1ccc(OCC)c(Br)c1)c1ccoc1Br. The molecular weight excluding hydrogens is 386 g/mol. The summed E-state index contributed by atoms with van der Waals surface area (Å²) < 4.78 is 12.6. The van der Waals surface area contributed by atoms with Gasteiger partial charge in [-0.1, -0.05) is 13.0 Å². The molecule has 0 aliphatic carbocycles. The number of furan rings is 1. The van der Waals surface area contributed by atoms with Gasteiger partial charge in [0, 0.05) is 5.56 Å². The molecule has 108 valence electrons. The molecule has 0 saturated carbocycles. The first kappa shape index (κ1) is 15.6. The smallest absolute Gasteiger partial charge is 0.174 e. The van der Waals surface area contributed by atoms with Crippen LogP contribution < -0.4 is 10.1 Å². The number of benzene rings is 1. The minimum atomic E-state index is 0.0834. The fourth-order valence-electron chi connectivity index (χ4n) is 2.09. The predicted octanol–water partition coefficient (Wildman–Crippen LogP) is 4.90. The van der Waals surface area contributed by atoms with Crippen molar-refractivity contribution < 1.29 is 9.15 Å². The maximum absolute atomic E-state index is 5.55. The molecule has 3 nitrogen and oxygen atoms in total. The Bertz CT molecular complexity index is 569. The Morgan fingerprint density at radius 3 is 2.60 bits per heavy atom. The summed E-state index contributed by atoms with van der Waals surface area (Å²) in [4.78, 5) is 0. The summed E-state index contributed by atoms with van der Waals surface area (Å²) in [6, 6.07) is 8.20. The van der Waals surface area contributed by atoms with E-state index in [1.165, 1.54) is 0 Å². The van der Waals surface area contributed by atoms with Crippen LogP contribution in [0.15, 0.2) is 44.1 Å². The highest BCUT2D eigenvalue weighted by atomic mass is 79.9. The zero-order valence-electron chi connectivity index (χ0n) is 11.5. The second kappa shape index (κ2) is 7.29. The number of hydrogen-bond donors (Lipinski definition) is 1. The van der Waals surface area contributed by atoms with Gasteiger partial charge in [-0.2, -0.15) is 0 Å². The summed E-state index contributed by atoms with van der Waals surface area (Å²) in [5.41, 5.74) is 2.24. The zero-order valence-corrected chi connectivity index (χ0v) is 14.6. The van der Waals surface area contributed by atoms with Crippen LogP contribution in [0.4, 0.5) is 0 Å². The molecule has 0 saturated heterocycles. The molecule has 0 spiro atoms. The average molecular weight is 403 g/mol. The van der Waals surface area contributed by atoms with Gasteiger partial charge in [-0.05, 0) is 69.1 Å². The molecule has 1 aromatic heterocycles. The number of hydrogen-bond acceptors (Lipinski definition) is 3. The maximum atomic E-state index is 5.55. The molecule has 0 aliphatic rings. The Kier molecular flexibility index (Phi) is 5.69. The van der Waals surface area contributed by atoms with Crippen molar-refractivity contribution in [2.24, 2.45) is 0 Å². The van der Waals surface area contributed by atoms with E-state index in [4.69, 9.17) is 9.15 Å². The topological polar surface area (TPSA) is 34.4 Å². The van der Waals surface area contributed by atoms with Gasteiger partial charge in [0.15, 0.2) is 4.67 Å². The van der Waals surface area contributed by atoms with Gasteiger partial charge in [-0.25, -0.2) is 0 Å². The highest BCUT2D eigenvalue weighted by molar-refractivity contribution is 9.10.